The molecule has 0 radical (unpaired) electrons. The number of nitrogens with zero attached hydrogens (tertiary/aromatic N) is 1. The SMILES string of the molecule is Cc1cn(COC(/C=C/P(=O)(O)O)CO)c(=O)[nH]c1=O. The summed E-state index contributed by atoms with van der Waals surface area (Å²) < 4.78 is 16.8. The van der Waals surface area contributed by atoms with Gasteiger partial charge in [0.1, 0.15) is 12.8 Å². The van der Waals surface area contributed by atoms with Crippen LogP contribution < -0.4 is 11.2 Å². The highest BCUT2D eigenvalue weighted by Crippen LogP contribution is 2.36. The molecule has 0 saturated carbocycles. The number of ether oxygens (including phenoxy) is 1. The maximum absolute atomic E-state index is 11.4. The van der Waals surface area contributed by atoms with Gasteiger partial charge in [0.2, 0.25) is 0 Å². The molecule has 1 rings (SSSR count). The second kappa shape index (κ2) is 6.78. The smallest absolute Gasteiger partial charge is 0.348 e. The van der Waals surface area contributed by atoms with Gasteiger partial charge in [0.05, 0.1) is 6.61 Å². The van der Waals surface area contributed by atoms with Gasteiger partial charge in [0, 0.05) is 17.6 Å². The number of aromatic amines is 1. The lowest BCUT2D eigenvalue weighted by atomic mass is 10.4. The molecule has 0 amide bonds. The molecule has 4 N–H and O–H groups in total. The summed E-state index contributed by atoms with van der Waals surface area (Å²) in [5.74, 6) is 0.606. The van der Waals surface area contributed by atoms with Crippen LogP contribution in [0, 0.1) is 6.92 Å². The van der Waals surface area contributed by atoms with E-state index in [1.807, 2.05) is 0 Å². The largest absolute Gasteiger partial charge is 0.393 e. The number of aliphatic hydroxyl groups excluding tert-OH is 1. The number of aromatic nitrogens is 2. The van der Waals surface area contributed by atoms with E-state index in [2.05, 4.69) is 4.98 Å². The Bertz CT molecular complexity index is 642. The molecule has 1 unspecified atom stereocenters. The van der Waals surface area contributed by atoms with E-state index in [0.717, 1.165) is 10.6 Å². The molecule has 1 aromatic heterocycles. The number of nitrogens with one attached hydrogen (secondary N) is 1. The zero-order valence-electron chi connectivity index (χ0n) is 10.6. The quantitative estimate of drug-likeness (QED) is 0.487. The van der Waals surface area contributed by atoms with Crippen molar-refractivity contribution in [3.63, 3.8) is 0 Å². The van der Waals surface area contributed by atoms with Crippen molar-refractivity contribution in [3.05, 3.63) is 44.5 Å². The van der Waals surface area contributed by atoms with Crippen LogP contribution in [0.5, 0.6) is 0 Å². The number of aryl methyl sites for hydroxylation is 1. The Kier molecular flexibility index (Phi) is 5.61. The maximum Gasteiger partial charge on any atom is 0.348 e. The van der Waals surface area contributed by atoms with Crippen LogP contribution in [0.2, 0.25) is 0 Å². The van der Waals surface area contributed by atoms with Gasteiger partial charge in [0.15, 0.2) is 0 Å². The molecule has 0 spiro atoms. The molecule has 1 aromatic rings. The maximum atomic E-state index is 11.4. The summed E-state index contributed by atoms with van der Waals surface area (Å²) in [6.07, 6.45) is 1.30. The van der Waals surface area contributed by atoms with Gasteiger partial charge in [-0.05, 0) is 13.0 Å². The zero-order valence-corrected chi connectivity index (χ0v) is 11.5. The Morgan fingerprint density at radius 2 is 2.15 bits per heavy atom. The summed E-state index contributed by atoms with van der Waals surface area (Å²) >= 11 is 0. The van der Waals surface area contributed by atoms with Crippen LogP contribution in [0.4, 0.5) is 0 Å². The summed E-state index contributed by atoms with van der Waals surface area (Å²) in [6, 6.07) is 0. The Balaban J connectivity index is 2.77. The van der Waals surface area contributed by atoms with Crippen molar-refractivity contribution >= 4 is 7.60 Å². The lowest BCUT2D eigenvalue weighted by Gasteiger charge is -2.13. The first kappa shape index (κ1) is 16.5. The lowest BCUT2D eigenvalue weighted by molar-refractivity contribution is 0.00113. The van der Waals surface area contributed by atoms with Crippen LogP contribution in [0.1, 0.15) is 5.56 Å². The van der Waals surface area contributed by atoms with Gasteiger partial charge in [-0.3, -0.25) is 18.9 Å². The van der Waals surface area contributed by atoms with Crippen molar-refractivity contribution in [1.82, 2.24) is 9.55 Å². The van der Waals surface area contributed by atoms with Crippen molar-refractivity contribution in [2.45, 2.75) is 19.8 Å². The van der Waals surface area contributed by atoms with Crippen LogP contribution in [0.3, 0.4) is 0 Å². The molecule has 1 heterocycles. The number of H-pyrrole nitrogens is 1. The fraction of sp³-hybridized carbons (Fsp3) is 0.400. The molecule has 0 bridgehead atoms. The van der Waals surface area contributed by atoms with Crippen molar-refractivity contribution < 1.29 is 24.2 Å². The third-order valence-electron chi connectivity index (χ3n) is 2.29. The van der Waals surface area contributed by atoms with E-state index in [9.17, 15) is 14.2 Å². The third-order valence-corrected chi connectivity index (χ3v) is 2.85. The topological polar surface area (TPSA) is 142 Å². The monoisotopic (exact) mass is 306 g/mol. The summed E-state index contributed by atoms with van der Waals surface area (Å²) in [6.45, 7) is 0.701. The van der Waals surface area contributed by atoms with E-state index in [4.69, 9.17) is 19.6 Å². The lowest BCUT2D eigenvalue weighted by Crippen LogP contribution is -2.32. The minimum absolute atomic E-state index is 0.285. The third kappa shape index (κ3) is 5.24. The minimum atomic E-state index is -4.34. The van der Waals surface area contributed by atoms with Gasteiger partial charge in [-0.15, -0.1) is 0 Å². The number of hydrogen-bond donors (Lipinski definition) is 4. The summed E-state index contributed by atoms with van der Waals surface area (Å²) in [4.78, 5) is 42.0. The highest BCUT2D eigenvalue weighted by molar-refractivity contribution is 7.55. The first-order valence-corrected chi connectivity index (χ1v) is 7.18. The van der Waals surface area contributed by atoms with E-state index in [0.29, 0.717) is 11.4 Å². The van der Waals surface area contributed by atoms with Crippen molar-refractivity contribution in [2.75, 3.05) is 6.61 Å². The van der Waals surface area contributed by atoms with Crippen LogP contribution in [-0.2, 0) is 16.0 Å². The molecular weight excluding hydrogens is 291 g/mol. The molecule has 20 heavy (non-hydrogen) atoms. The minimum Gasteiger partial charge on any atom is -0.393 e. The number of aliphatic hydroxyl groups is 1. The van der Waals surface area contributed by atoms with Gasteiger partial charge in [-0.1, -0.05) is 0 Å². The number of hydrogen-bond acceptors (Lipinski definition) is 5. The molecule has 1 atom stereocenters. The van der Waals surface area contributed by atoms with E-state index in [1.165, 1.54) is 13.1 Å². The van der Waals surface area contributed by atoms with Crippen LogP contribution in [-0.4, -0.2) is 37.2 Å². The Hall–Kier alpha value is -1.51. The molecule has 0 aliphatic carbocycles. The van der Waals surface area contributed by atoms with Crippen LogP contribution >= 0.6 is 7.60 Å². The Labute approximate surface area is 113 Å². The molecule has 9 nitrogen and oxygen atoms in total. The molecule has 112 valence electrons. The highest BCUT2D eigenvalue weighted by atomic mass is 31.2. The second-order valence-electron chi connectivity index (χ2n) is 3.99. The normalized spacial score (nSPS) is 13.8. The van der Waals surface area contributed by atoms with E-state index >= 15 is 0 Å². The highest BCUT2D eigenvalue weighted by Gasteiger charge is 2.10. The molecule has 0 fully saturated rings. The van der Waals surface area contributed by atoms with Gasteiger partial charge in [-0.25, -0.2) is 4.79 Å². The van der Waals surface area contributed by atoms with Gasteiger partial charge < -0.3 is 19.6 Å². The molecular formula is C10H15N2O7P. The molecule has 0 saturated heterocycles. The van der Waals surface area contributed by atoms with Crippen molar-refractivity contribution in [1.29, 1.82) is 0 Å². The molecule has 0 aliphatic rings. The van der Waals surface area contributed by atoms with E-state index in [-0.39, 0.29) is 6.73 Å². The average Bonchev–Trinajstić information content (AvgIpc) is 2.34. The molecule has 0 aromatic carbocycles. The summed E-state index contributed by atoms with van der Waals surface area (Å²) in [7, 11) is -4.34. The first-order valence-electron chi connectivity index (χ1n) is 5.50. The van der Waals surface area contributed by atoms with Gasteiger partial charge in [0.25, 0.3) is 5.56 Å². The fourth-order valence-corrected chi connectivity index (χ4v) is 1.68. The fourth-order valence-electron chi connectivity index (χ4n) is 1.27. The Morgan fingerprint density at radius 3 is 2.70 bits per heavy atom. The van der Waals surface area contributed by atoms with E-state index < -0.39 is 31.6 Å². The zero-order chi connectivity index (χ0) is 15.3. The predicted molar refractivity (Wildman–Crippen MR) is 69.2 cm³/mol. The molecule has 10 heteroatoms. The summed E-state index contributed by atoms with van der Waals surface area (Å²) in [5, 5.41) is 8.99. The second-order valence-corrected chi connectivity index (χ2v) is 5.46. The Morgan fingerprint density at radius 1 is 1.50 bits per heavy atom. The molecule has 0 aliphatic heterocycles. The van der Waals surface area contributed by atoms with Crippen molar-refractivity contribution in [3.8, 4) is 0 Å². The van der Waals surface area contributed by atoms with Crippen molar-refractivity contribution in [2.24, 2.45) is 0 Å². The van der Waals surface area contributed by atoms with Crippen LogP contribution in [0.25, 0.3) is 0 Å². The average molecular weight is 306 g/mol. The van der Waals surface area contributed by atoms with Crippen LogP contribution in [0.15, 0.2) is 27.7 Å². The van der Waals surface area contributed by atoms with Gasteiger partial charge >= 0.3 is 13.3 Å². The van der Waals surface area contributed by atoms with E-state index in [1.54, 1.807) is 0 Å². The number of rotatable bonds is 6. The van der Waals surface area contributed by atoms with Gasteiger partial charge in [-0.2, -0.15) is 0 Å². The predicted octanol–water partition coefficient (Wildman–Crippen LogP) is -1.13. The summed E-state index contributed by atoms with van der Waals surface area (Å²) in [5.41, 5.74) is -0.887. The standard InChI is InChI=1S/C10H15N2O7P/c1-7-4-12(10(15)11-9(7)14)6-19-8(5-13)2-3-20(16,17)18/h2-4,8,13H,5-6H2,1H3,(H,11,14,15)(H2,16,17,18)/b3-2+. The first-order chi connectivity index (χ1) is 9.23.